The fourth-order valence-electron chi connectivity index (χ4n) is 2.66. The van der Waals surface area contributed by atoms with Gasteiger partial charge in [-0.25, -0.2) is 9.78 Å². The number of carbonyl (C=O) groups excluding carboxylic acids is 1. The predicted octanol–water partition coefficient (Wildman–Crippen LogP) is 3.63. The van der Waals surface area contributed by atoms with Crippen molar-refractivity contribution >= 4 is 33.6 Å². The maximum Gasteiger partial charge on any atom is 0.346 e. The molecule has 0 atom stereocenters. The summed E-state index contributed by atoms with van der Waals surface area (Å²) < 4.78 is 5.35. The first-order chi connectivity index (χ1) is 11.0. The molecule has 2 heterocycles. The minimum Gasteiger partial charge on any atom is -0.422 e. The van der Waals surface area contributed by atoms with E-state index in [2.05, 4.69) is 10.3 Å². The van der Waals surface area contributed by atoms with Gasteiger partial charge in [0.05, 0.1) is 10.9 Å². The van der Waals surface area contributed by atoms with Crippen LogP contribution in [0.4, 0.5) is 5.82 Å². The van der Waals surface area contributed by atoms with Crippen LogP contribution in [0.2, 0.25) is 0 Å². The topological polar surface area (TPSA) is 72.2 Å². The van der Waals surface area contributed by atoms with Gasteiger partial charge in [-0.05, 0) is 36.6 Å². The maximum absolute atomic E-state index is 12.2. The maximum atomic E-state index is 12.2. The Morgan fingerprint density at radius 1 is 1.30 bits per heavy atom. The van der Waals surface area contributed by atoms with Crippen LogP contribution in [0.25, 0.3) is 21.9 Å². The van der Waals surface area contributed by atoms with Gasteiger partial charge in [-0.15, -0.1) is 0 Å². The fourth-order valence-corrected chi connectivity index (χ4v) is 2.66. The molecule has 5 heteroatoms. The van der Waals surface area contributed by atoms with E-state index in [1.807, 2.05) is 32.9 Å². The molecule has 1 amide bonds. The highest BCUT2D eigenvalue weighted by atomic mass is 16.4. The van der Waals surface area contributed by atoms with Gasteiger partial charge in [0.2, 0.25) is 5.91 Å². The van der Waals surface area contributed by atoms with E-state index < -0.39 is 5.63 Å². The molecule has 0 aliphatic heterocycles. The Morgan fingerprint density at radius 2 is 2.04 bits per heavy atom. The molecule has 0 saturated carbocycles. The molecule has 1 N–H and O–H groups in total. The van der Waals surface area contributed by atoms with Crippen molar-refractivity contribution in [1.29, 1.82) is 0 Å². The van der Waals surface area contributed by atoms with Crippen LogP contribution in [0.5, 0.6) is 0 Å². The zero-order chi connectivity index (χ0) is 16.6. The number of fused-ring (bicyclic) bond motifs is 3. The quantitative estimate of drug-likeness (QED) is 0.592. The van der Waals surface area contributed by atoms with E-state index in [0.717, 1.165) is 10.9 Å². The molecule has 0 bridgehead atoms. The second-order valence-electron chi connectivity index (χ2n) is 6.08. The minimum atomic E-state index is -0.413. The summed E-state index contributed by atoms with van der Waals surface area (Å²) in [6, 6.07) is 8.96. The van der Waals surface area contributed by atoms with Crippen LogP contribution in [0, 0.1) is 12.8 Å². The van der Waals surface area contributed by atoms with Crippen molar-refractivity contribution in [1.82, 2.24) is 4.98 Å². The average Bonchev–Trinajstić information content (AvgIpc) is 2.45. The number of amides is 1. The van der Waals surface area contributed by atoms with Crippen LogP contribution in [-0.4, -0.2) is 10.9 Å². The minimum absolute atomic E-state index is 0.0847. The third-order valence-electron chi connectivity index (χ3n) is 3.63. The van der Waals surface area contributed by atoms with Gasteiger partial charge >= 0.3 is 5.63 Å². The van der Waals surface area contributed by atoms with Gasteiger partial charge in [0.1, 0.15) is 11.4 Å². The molecule has 0 saturated heterocycles. The number of hydrogen-bond acceptors (Lipinski definition) is 4. The number of carbonyl (C=O) groups is 1. The van der Waals surface area contributed by atoms with Gasteiger partial charge in [-0.2, -0.15) is 0 Å². The summed E-state index contributed by atoms with van der Waals surface area (Å²) in [5, 5.41) is 4.01. The predicted molar refractivity (Wildman–Crippen MR) is 90.6 cm³/mol. The second kappa shape index (κ2) is 5.83. The van der Waals surface area contributed by atoms with Crippen LogP contribution in [0.15, 0.2) is 39.5 Å². The van der Waals surface area contributed by atoms with Crippen molar-refractivity contribution in [3.8, 4) is 0 Å². The highest BCUT2D eigenvalue weighted by molar-refractivity contribution is 6.04. The van der Waals surface area contributed by atoms with Crippen LogP contribution in [0.1, 0.15) is 25.8 Å². The van der Waals surface area contributed by atoms with E-state index in [1.165, 1.54) is 0 Å². The molecule has 0 radical (unpaired) electrons. The number of hydrogen-bond donors (Lipinski definition) is 1. The number of nitrogens with one attached hydrogen (secondary N) is 1. The van der Waals surface area contributed by atoms with Gasteiger partial charge in [0, 0.05) is 11.8 Å². The van der Waals surface area contributed by atoms with Crippen LogP contribution in [0.3, 0.4) is 0 Å². The van der Waals surface area contributed by atoms with Crippen LogP contribution in [-0.2, 0) is 4.79 Å². The molecule has 2 aromatic heterocycles. The molecular weight excluding hydrogens is 292 g/mol. The third-order valence-corrected chi connectivity index (χ3v) is 3.63. The molecule has 3 rings (SSSR count). The number of nitrogens with zero attached hydrogens (tertiary/aromatic N) is 1. The summed E-state index contributed by atoms with van der Waals surface area (Å²) >= 11 is 0. The van der Waals surface area contributed by atoms with E-state index in [-0.39, 0.29) is 11.8 Å². The van der Waals surface area contributed by atoms with Crippen LogP contribution >= 0.6 is 0 Å². The van der Waals surface area contributed by atoms with Gasteiger partial charge in [0.25, 0.3) is 0 Å². The average molecular weight is 310 g/mol. The molecule has 0 unspecified atom stereocenters. The Balaban J connectivity index is 2.18. The van der Waals surface area contributed by atoms with Crippen molar-refractivity contribution in [3.05, 3.63) is 46.3 Å². The van der Waals surface area contributed by atoms with Crippen molar-refractivity contribution in [2.45, 2.75) is 27.2 Å². The Hall–Kier alpha value is -2.69. The summed E-state index contributed by atoms with van der Waals surface area (Å²) in [6.45, 7) is 5.78. The third kappa shape index (κ3) is 2.95. The zero-order valence-electron chi connectivity index (χ0n) is 13.3. The summed E-state index contributed by atoms with van der Waals surface area (Å²) in [5.74, 6) is 0.638. The second-order valence-corrected chi connectivity index (χ2v) is 6.08. The lowest BCUT2D eigenvalue weighted by molar-refractivity contribution is -0.116. The SMILES string of the molecule is Cc1cc(NC(=O)CC(C)C)nc2c1c(=O)oc1ccccc12. The van der Waals surface area contributed by atoms with Gasteiger partial charge in [0.15, 0.2) is 0 Å². The Morgan fingerprint density at radius 3 is 2.78 bits per heavy atom. The summed E-state index contributed by atoms with van der Waals surface area (Å²) in [4.78, 5) is 28.6. The van der Waals surface area contributed by atoms with Gasteiger partial charge in [-0.3, -0.25) is 4.79 Å². The number of pyridine rings is 1. The number of aromatic nitrogens is 1. The lowest BCUT2D eigenvalue weighted by Crippen LogP contribution is -2.15. The lowest BCUT2D eigenvalue weighted by Gasteiger charge is -2.10. The highest BCUT2D eigenvalue weighted by Gasteiger charge is 2.14. The Kier molecular flexibility index (Phi) is 3.86. The van der Waals surface area contributed by atoms with Crippen molar-refractivity contribution in [2.75, 3.05) is 5.32 Å². The fraction of sp³-hybridized carbons (Fsp3) is 0.278. The van der Waals surface area contributed by atoms with E-state index in [4.69, 9.17) is 4.42 Å². The van der Waals surface area contributed by atoms with Gasteiger partial charge < -0.3 is 9.73 Å². The molecule has 1 aromatic carbocycles. The summed E-state index contributed by atoms with van der Waals surface area (Å²) in [5.41, 5.74) is 1.36. The molecule has 118 valence electrons. The molecular formula is C18H18N2O3. The van der Waals surface area contributed by atoms with E-state index in [9.17, 15) is 9.59 Å². The molecule has 3 aromatic rings. The first-order valence-corrected chi connectivity index (χ1v) is 7.58. The largest absolute Gasteiger partial charge is 0.422 e. The summed E-state index contributed by atoms with van der Waals surface area (Å²) in [6.07, 6.45) is 0.427. The zero-order valence-corrected chi connectivity index (χ0v) is 13.3. The van der Waals surface area contributed by atoms with E-state index in [0.29, 0.717) is 28.7 Å². The molecule has 0 aliphatic carbocycles. The standard InChI is InChI=1S/C18H18N2O3/c1-10(2)8-15(21)19-14-9-11(3)16-17(20-14)12-6-4-5-7-13(12)23-18(16)22/h4-7,9-10H,8H2,1-3H3,(H,19,20,21). The summed E-state index contributed by atoms with van der Waals surface area (Å²) in [7, 11) is 0. The van der Waals surface area contributed by atoms with Crippen molar-refractivity contribution in [2.24, 2.45) is 5.92 Å². The first kappa shape index (κ1) is 15.2. The molecule has 23 heavy (non-hydrogen) atoms. The molecule has 0 spiro atoms. The number of rotatable bonds is 3. The monoisotopic (exact) mass is 310 g/mol. The smallest absolute Gasteiger partial charge is 0.346 e. The van der Waals surface area contributed by atoms with Crippen molar-refractivity contribution in [3.63, 3.8) is 0 Å². The van der Waals surface area contributed by atoms with Gasteiger partial charge in [-0.1, -0.05) is 26.0 Å². The number of benzene rings is 1. The molecule has 5 nitrogen and oxygen atoms in total. The first-order valence-electron chi connectivity index (χ1n) is 7.58. The lowest BCUT2D eigenvalue weighted by atomic mass is 10.1. The number of para-hydroxylation sites is 1. The number of anilines is 1. The molecule has 0 fully saturated rings. The van der Waals surface area contributed by atoms with E-state index in [1.54, 1.807) is 18.2 Å². The molecule has 0 aliphatic rings. The Bertz CT molecular complexity index is 958. The normalized spacial score (nSPS) is 11.3. The van der Waals surface area contributed by atoms with Crippen LogP contribution < -0.4 is 10.9 Å². The van der Waals surface area contributed by atoms with E-state index >= 15 is 0 Å². The Labute approximate surface area is 133 Å². The van der Waals surface area contributed by atoms with Crippen molar-refractivity contribution < 1.29 is 9.21 Å². The highest BCUT2D eigenvalue weighted by Crippen LogP contribution is 2.25. The number of aryl methyl sites for hydroxylation is 1.